The molecule has 0 aliphatic carbocycles. The Hall–Kier alpha value is -1.68. The minimum absolute atomic E-state index is 0.0289. The molecule has 3 rings (SSSR count). The van der Waals surface area contributed by atoms with Crippen LogP contribution in [-0.4, -0.2) is 10.2 Å². The fourth-order valence-corrected chi connectivity index (χ4v) is 2.18. The Bertz CT molecular complexity index is 510. The maximum absolute atomic E-state index is 9.33. The molecule has 0 radical (unpaired) electrons. The summed E-state index contributed by atoms with van der Waals surface area (Å²) >= 11 is 0. The molecular formula is C17H20O3. The van der Waals surface area contributed by atoms with Crippen LogP contribution in [0.3, 0.4) is 0 Å². The molecule has 1 aliphatic rings. The van der Waals surface area contributed by atoms with Crippen LogP contribution in [0.4, 0.5) is 0 Å². The number of benzene rings is 2. The number of ether oxygens (including phenoxy) is 1. The van der Waals surface area contributed by atoms with Crippen molar-refractivity contribution in [2.45, 2.75) is 32.3 Å². The number of fused-ring (bicyclic) bond motifs is 1. The molecule has 0 fully saturated rings. The van der Waals surface area contributed by atoms with Crippen molar-refractivity contribution in [1.29, 1.82) is 0 Å². The van der Waals surface area contributed by atoms with Gasteiger partial charge in [-0.05, 0) is 25.0 Å². The summed E-state index contributed by atoms with van der Waals surface area (Å²) in [5.74, 6) is 0. The van der Waals surface area contributed by atoms with E-state index in [1.54, 1.807) is 6.92 Å². The van der Waals surface area contributed by atoms with Crippen molar-refractivity contribution < 1.29 is 14.9 Å². The van der Waals surface area contributed by atoms with Crippen molar-refractivity contribution in [3.05, 3.63) is 71.3 Å². The lowest BCUT2D eigenvalue weighted by molar-refractivity contribution is -0.115. The fourth-order valence-electron chi connectivity index (χ4n) is 2.18. The van der Waals surface area contributed by atoms with Crippen LogP contribution in [-0.2, 0) is 4.74 Å². The average molecular weight is 272 g/mol. The van der Waals surface area contributed by atoms with E-state index in [9.17, 15) is 5.11 Å². The molecule has 2 aromatic rings. The van der Waals surface area contributed by atoms with E-state index < -0.39 is 6.29 Å². The predicted molar refractivity (Wildman–Crippen MR) is 78.0 cm³/mol. The van der Waals surface area contributed by atoms with Crippen molar-refractivity contribution in [1.82, 2.24) is 0 Å². The van der Waals surface area contributed by atoms with Crippen molar-refractivity contribution in [2.24, 2.45) is 0 Å². The molecule has 0 spiro atoms. The fraction of sp³-hybridized carbons (Fsp3) is 0.294. The van der Waals surface area contributed by atoms with Gasteiger partial charge in [0.25, 0.3) is 0 Å². The van der Waals surface area contributed by atoms with E-state index in [-0.39, 0.29) is 12.2 Å². The zero-order chi connectivity index (χ0) is 14.5. The first-order valence-corrected chi connectivity index (χ1v) is 6.75. The number of rotatable bonds is 1. The van der Waals surface area contributed by atoms with Crippen LogP contribution in [0.15, 0.2) is 54.6 Å². The number of aliphatic hydroxyl groups excluding tert-OH is 2. The summed E-state index contributed by atoms with van der Waals surface area (Å²) in [6, 6.07) is 17.3. The highest BCUT2D eigenvalue weighted by molar-refractivity contribution is 5.32. The first-order chi connectivity index (χ1) is 9.59. The molecule has 3 nitrogen and oxygen atoms in total. The third-order valence-electron chi connectivity index (χ3n) is 3.32. The monoisotopic (exact) mass is 272 g/mol. The van der Waals surface area contributed by atoms with Gasteiger partial charge in [0.05, 0.1) is 12.2 Å². The standard InChI is InChI=1S/C9H10O2.C8H10O/c1-6-7-4-2-3-5-8(7)9(10)11-6;1-7(9)8-5-3-2-4-6-8/h2-6,9-10H,1H3;2-7,9H,1H3/t6-,9?;7-/m11/s1. The van der Waals surface area contributed by atoms with Gasteiger partial charge in [-0.25, -0.2) is 0 Å². The normalized spacial score (nSPS) is 21.6. The van der Waals surface area contributed by atoms with Gasteiger partial charge < -0.3 is 14.9 Å². The predicted octanol–water partition coefficient (Wildman–Crippen LogP) is 3.51. The minimum atomic E-state index is -0.721. The van der Waals surface area contributed by atoms with E-state index in [1.807, 2.05) is 61.5 Å². The van der Waals surface area contributed by atoms with Gasteiger partial charge in [0.1, 0.15) is 0 Å². The van der Waals surface area contributed by atoms with Gasteiger partial charge in [0, 0.05) is 5.56 Å². The second kappa shape index (κ2) is 6.66. The van der Waals surface area contributed by atoms with Crippen molar-refractivity contribution >= 4 is 0 Å². The van der Waals surface area contributed by atoms with E-state index >= 15 is 0 Å². The highest BCUT2D eigenvalue weighted by Crippen LogP contribution is 2.36. The van der Waals surface area contributed by atoms with Crippen LogP contribution < -0.4 is 0 Å². The number of hydrogen-bond donors (Lipinski definition) is 2. The quantitative estimate of drug-likeness (QED) is 0.835. The van der Waals surface area contributed by atoms with E-state index in [4.69, 9.17) is 9.84 Å². The zero-order valence-electron chi connectivity index (χ0n) is 11.7. The molecule has 1 unspecified atom stereocenters. The largest absolute Gasteiger partial charge is 0.389 e. The van der Waals surface area contributed by atoms with Crippen molar-refractivity contribution in [2.75, 3.05) is 0 Å². The van der Waals surface area contributed by atoms with Crippen LogP contribution in [0.2, 0.25) is 0 Å². The van der Waals surface area contributed by atoms with Gasteiger partial charge in [-0.3, -0.25) is 0 Å². The molecule has 106 valence electrons. The Balaban J connectivity index is 0.000000151. The first-order valence-electron chi connectivity index (χ1n) is 6.75. The van der Waals surface area contributed by atoms with Crippen molar-refractivity contribution in [3.63, 3.8) is 0 Å². The smallest absolute Gasteiger partial charge is 0.182 e. The zero-order valence-corrected chi connectivity index (χ0v) is 11.7. The van der Waals surface area contributed by atoms with Crippen LogP contribution in [0, 0.1) is 0 Å². The van der Waals surface area contributed by atoms with Crippen molar-refractivity contribution in [3.8, 4) is 0 Å². The van der Waals surface area contributed by atoms with Crippen LogP contribution in [0.5, 0.6) is 0 Å². The Labute approximate surface area is 119 Å². The number of aliphatic hydroxyl groups is 2. The molecule has 1 heterocycles. The third kappa shape index (κ3) is 3.45. The summed E-state index contributed by atoms with van der Waals surface area (Å²) in [4.78, 5) is 0. The first kappa shape index (κ1) is 14.7. The van der Waals surface area contributed by atoms with E-state index in [1.165, 1.54) is 0 Å². The molecular weight excluding hydrogens is 252 g/mol. The molecule has 2 aromatic carbocycles. The lowest BCUT2D eigenvalue weighted by Crippen LogP contribution is -1.92. The molecule has 0 aromatic heterocycles. The van der Waals surface area contributed by atoms with Crippen LogP contribution in [0.25, 0.3) is 0 Å². The maximum Gasteiger partial charge on any atom is 0.182 e. The molecule has 0 saturated carbocycles. The van der Waals surface area contributed by atoms with Gasteiger partial charge in [0.2, 0.25) is 0 Å². The molecule has 1 aliphatic heterocycles. The summed E-state index contributed by atoms with van der Waals surface area (Å²) < 4.78 is 5.19. The van der Waals surface area contributed by atoms with Gasteiger partial charge in [-0.2, -0.15) is 0 Å². The average Bonchev–Trinajstić information content (AvgIpc) is 2.76. The highest BCUT2D eigenvalue weighted by atomic mass is 16.6. The summed E-state index contributed by atoms with van der Waals surface area (Å²) in [7, 11) is 0. The minimum Gasteiger partial charge on any atom is -0.389 e. The van der Waals surface area contributed by atoms with Gasteiger partial charge in [-0.1, -0.05) is 54.6 Å². The van der Waals surface area contributed by atoms with Crippen LogP contribution in [0.1, 0.15) is 49.0 Å². The van der Waals surface area contributed by atoms with Gasteiger partial charge in [0.15, 0.2) is 6.29 Å². The molecule has 0 amide bonds. The molecule has 2 N–H and O–H groups in total. The molecule has 0 bridgehead atoms. The second-order valence-corrected chi connectivity index (χ2v) is 4.85. The summed E-state index contributed by atoms with van der Waals surface area (Å²) in [5.41, 5.74) is 2.97. The summed E-state index contributed by atoms with van der Waals surface area (Å²) in [6.45, 7) is 3.70. The second-order valence-electron chi connectivity index (χ2n) is 4.85. The Morgan fingerprint density at radius 2 is 1.50 bits per heavy atom. The highest BCUT2D eigenvalue weighted by Gasteiger charge is 2.25. The van der Waals surface area contributed by atoms with E-state index in [0.29, 0.717) is 0 Å². The Morgan fingerprint density at radius 1 is 0.950 bits per heavy atom. The molecule has 3 atom stereocenters. The summed E-state index contributed by atoms with van der Waals surface area (Å²) in [5, 5.41) is 18.4. The third-order valence-corrected chi connectivity index (χ3v) is 3.32. The van der Waals surface area contributed by atoms with E-state index in [2.05, 4.69) is 0 Å². The maximum atomic E-state index is 9.33. The topological polar surface area (TPSA) is 49.7 Å². The molecule has 3 heteroatoms. The molecule has 0 saturated heterocycles. The SMILES string of the molecule is C[C@@H](O)c1ccccc1.C[C@H]1OC(O)c2ccccc21. The van der Waals surface area contributed by atoms with Gasteiger partial charge in [-0.15, -0.1) is 0 Å². The molecule has 20 heavy (non-hydrogen) atoms. The Morgan fingerprint density at radius 3 is 2.00 bits per heavy atom. The lowest BCUT2D eigenvalue weighted by Gasteiger charge is -2.02. The lowest BCUT2D eigenvalue weighted by atomic mass is 10.1. The van der Waals surface area contributed by atoms with Crippen LogP contribution >= 0.6 is 0 Å². The number of hydrogen-bond acceptors (Lipinski definition) is 3. The van der Waals surface area contributed by atoms with E-state index in [0.717, 1.165) is 16.7 Å². The Kier molecular flexibility index (Phi) is 4.90. The summed E-state index contributed by atoms with van der Waals surface area (Å²) in [6.07, 6.45) is -1.03. The van der Waals surface area contributed by atoms with Gasteiger partial charge >= 0.3 is 0 Å².